The molecule has 0 unspecified atom stereocenters. The van der Waals surface area contributed by atoms with Crippen molar-refractivity contribution in [3.05, 3.63) is 47.1 Å². The summed E-state index contributed by atoms with van der Waals surface area (Å²) in [4.78, 5) is 36.2. The summed E-state index contributed by atoms with van der Waals surface area (Å²) in [5, 5.41) is 1.15. The molecular weight excluding hydrogens is 712 g/mol. The minimum Gasteiger partial charge on any atom is -0.466 e. The van der Waals surface area contributed by atoms with Gasteiger partial charge in [-0.25, -0.2) is 9.97 Å². The van der Waals surface area contributed by atoms with Gasteiger partial charge in [-0.05, 0) is 38.8 Å². The van der Waals surface area contributed by atoms with E-state index in [4.69, 9.17) is 16.3 Å². The molecule has 0 bridgehead atoms. The molecule has 1 aliphatic heterocycles. The predicted molar refractivity (Wildman–Crippen MR) is 151 cm³/mol. The number of thiazole rings is 2. The van der Waals surface area contributed by atoms with Gasteiger partial charge in [0.25, 0.3) is 0 Å². The number of esters is 1. The highest BCUT2D eigenvalue weighted by Gasteiger charge is 2.42. The molecule has 0 aliphatic carbocycles. The second-order valence-electron chi connectivity index (χ2n) is 9.48. The van der Waals surface area contributed by atoms with Crippen LogP contribution in [0.4, 0.5) is 26.3 Å². The van der Waals surface area contributed by atoms with Gasteiger partial charge in [-0.3, -0.25) is 9.59 Å². The van der Waals surface area contributed by atoms with Crippen molar-refractivity contribution < 1.29 is 45.4 Å². The van der Waals surface area contributed by atoms with Crippen molar-refractivity contribution in [2.24, 2.45) is 0 Å². The second kappa shape index (κ2) is 13.3. The molecule has 0 atom stereocenters. The van der Waals surface area contributed by atoms with Gasteiger partial charge in [0, 0.05) is 33.9 Å². The fourth-order valence-corrected chi connectivity index (χ4v) is 7.54. The fraction of sp³-hybridized carbons (Fsp3) is 0.462. The highest BCUT2D eigenvalue weighted by molar-refractivity contribution is 9.10. The van der Waals surface area contributed by atoms with E-state index < -0.39 is 28.3 Å². The normalized spacial score (nSPS) is 14.7. The molecule has 1 aromatic carbocycles. The molecule has 43 heavy (non-hydrogen) atoms. The molecule has 2 aromatic heterocycles. The van der Waals surface area contributed by atoms with Crippen LogP contribution in [0.2, 0.25) is 4.34 Å². The Morgan fingerprint density at radius 3 is 2.37 bits per heavy atom. The van der Waals surface area contributed by atoms with Gasteiger partial charge in [0.05, 0.1) is 30.2 Å². The minimum absolute atomic E-state index is 0.0272. The van der Waals surface area contributed by atoms with Crippen molar-refractivity contribution in [3.8, 4) is 17.0 Å². The number of amides is 1. The molecule has 1 saturated heterocycles. The van der Waals surface area contributed by atoms with Crippen molar-refractivity contribution in [3.63, 3.8) is 0 Å². The van der Waals surface area contributed by atoms with Crippen LogP contribution in [0.25, 0.3) is 11.3 Å². The van der Waals surface area contributed by atoms with Crippen LogP contribution in [0.15, 0.2) is 16.6 Å². The predicted octanol–water partition coefficient (Wildman–Crippen LogP) is 7.96. The molecule has 3 aromatic rings. The summed E-state index contributed by atoms with van der Waals surface area (Å²) in [6, 6.07) is 1.61. The van der Waals surface area contributed by atoms with E-state index in [9.17, 15) is 35.9 Å². The van der Waals surface area contributed by atoms with Crippen LogP contribution >= 0.6 is 50.2 Å². The number of carbonyl (C=O) groups excluding carboxylic acids is 2. The number of carbonyl (C=O) groups is 2. The molecule has 0 radical (unpaired) electrons. The fourth-order valence-electron chi connectivity index (χ4n) is 4.56. The number of hydrogen-bond acceptors (Lipinski definition) is 8. The summed E-state index contributed by atoms with van der Waals surface area (Å²) >= 11 is 11.5. The van der Waals surface area contributed by atoms with E-state index in [1.165, 1.54) is 11.3 Å². The van der Waals surface area contributed by atoms with Crippen molar-refractivity contribution in [2.45, 2.75) is 58.0 Å². The van der Waals surface area contributed by atoms with Gasteiger partial charge >= 0.3 is 18.5 Å². The highest BCUT2D eigenvalue weighted by atomic mass is 79.9. The number of rotatable bonds is 8. The van der Waals surface area contributed by atoms with Gasteiger partial charge < -0.3 is 14.4 Å². The van der Waals surface area contributed by atoms with Gasteiger partial charge in [-0.2, -0.15) is 13.2 Å². The van der Waals surface area contributed by atoms with Crippen LogP contribution in [-0.4, -0.2) is 52.8 Å². The number of halogens is 8. The zero-order chi connectivity index (χ0) is 31.7. The van der Waals surface area contributed by atoms with Gasteiger partial charge in [0.15, 0.2) is 0 Å². The smallest absolute Gasteiger partial charge is 0.466 e. The Kier molecular flexibility index (Phi) is 10.3. The average Bonchev–Trinajstić information content (AvgIpc) is 3.43. The summed E-state index contributed by atoms with van der Waals surface area (Å²) < 4.78 is 87.3. The molecule has 1 fully saturated rings. The van der Waals surface area contributed by atoms with E-state index in [1.54, 1.807) is 11.8 Å². The number of likely N-dealkylation sites (tertiary alicyclic amines) is 1. The SMILES string of the molecule is CCOC(=O)Cc1nc(CC(=O)N2CCC(c3nc(-c4cc(Br)c(C(F)(F)F)c(OC(F)(F)F)c4)c(Cl)s3)CC2)sc1C. The number of aromatic nitrogens is 2. The molecular formula is C26H23BrClF6N3O4S2. The maximum Gasteiger partial charge on any atom is 0.573 e. The lowest BCUT2D eigenvalue weighted by Crippen LogP contribution is -2.38. The summed E-state index contributed by atoms with van der Waals surface area (Å²) in [6.07, 6.45) is -9.31. The minimum atomic E-state index is -5.36. The molecule has 234 valence electrons. The molecule has 1 amide bonds. The van der Waals surface area contributed by atoms with Crippen LogP contribution in [0.1, 0.15) is 51.8 Å². The lowest BCUT2D eigenvalue weighted by molar-refractivity contribution is -0.276. The summed E-state index contributed by atoms with van der Waals surface area (Å²) in [6.45, 7) is 4.62. The number of nitrogens with zero attached hydrogens (tertiary/aromatic N) is 3. The molecule has 0 N–H and O–H groups in total. The Labute approximate surface area is 263 Å². The van der Waals surface area contributed by atoms with Crippen LogP contribution < -0.4 is 4.74 Å². The van der Waals surface area contributed by atoms with E-state index in [0.717, 1.165) is 22.3 Å². The highest BCUT2D eigenvalue weighted by Crippen LogP contribution is 2.47. The quantitative estimate of drug-likeness (QED) is 0.173. The van der Waals surface area contributed by atoms with Crippen LogP contribution in [-0.2, 0) is 33.3 Å². The van der Waals surface area contributed by atoms with Gasteiger partial charge in [0.2, 0.25) is 5.91 Å². The second-order valence-corrected chi connectivity index (χ2v) is 13.3. The van der Waals surface area contributed by atoms with Gasteiger partial charge in [-0.15, -0.1) is 35.8 Å². The summed E-state index contributed by atoms with van der Waals surface area (Å²) in [7, 11) is 0. The molecule has 4 rings (SSSR count). The zero-order valence-corrected chi connectivity index (χ0v) is 26.5. The number of alkyl halides is 6. The lowest BCUT2D eigenvalue weighted by atomic mass is 9.97. The van der Waals surface area contributed by atoms with E-state index >= 15 is 0 Å². The molecule has 1 aliphatic rings. The number of aryl methyl sites for hydroxylation is 1. The number of benzene rings is 1. The first kappa shape index (κ1) is 33.5. The van der Waals surface area contributed by atoms with E-state index in [1.807, 2.05) is 6.92 Å². The van der Waals surface area contributed by atoms with Gasteiger partial charge in [0.1, 0.15) is 26.4 Å². The number of hydrogen-bond donors (Lipinski definition) is 0. The summed E-state index contributed by atoms with van der Waals surface area (Å²) in [5.74, 6) is -2.06. The summed E-state index contributed by atoms with van der Waals surface area (Å²) in [5.41, 5.74) is -1.08. The van der Waals surface area contributed by atoms with E-state index in [-0.39, 0.29) is 52.8 Å². The molecule has 0 spiro atoms. The third-order valence-electron chi connectivity index (χ3n) is 6.49. The molecule has 3 heterocycles. The van der Waals surface area contributed by atoms with Gasteiger partial charge in [-0.1, -0.05) is 27.5 Å². The Hall–Kier alpha value is -2.43. The van der Waals surface area contributed by atoms with Crippen LogP contribution in [0, 0.1) is 6.92 Å². The first-order valence-corrected chi connectivity index (χ1v) is 15.6. The monoisotopic (exact) mass is 733 g/mol. The van der Waals surface area contributed by atoms with Crippen molar-refractivity contribution in [1.29, 1.82) is 0 Å². The third-order valence-corrected chi connectivity index (χ3v) is 9.55. The molecule has 17 heteroatoms. The zero-order valence-electron chi connectivity index (χ0n) is 22.5. The third kappa shape index (κ3) is 8.39. The topological polar surface area (TPSA) is 81.6 Å². The van der Waals surface area contributed by atoms with Crippen molar-refractivity contribution in [2.75, 3.05) is 19.7 Å². The molecule has 7 nitrogen and oxygen atoms in total. The Morgan fingerprint density at radius 2 is 1.77 bits per heavy atom. The molecule has 0 saturated carbocycles. The van der Waals surface area contributed by atoms with Crippen LogP contribution in [0.5, 0.6) is 5.75 Å². The van der Waals surface area contributed by atoms with Crippen molar-refractivity contribution >= 4 is 62.1 Å². The van der Waals surface area contributed by atoms with Crippen LogP contribution in [0.3, 0.4) is 0 Å². The Balaban J connectivity index is 1.44. The standard InChI is InChI=1S/C26H23BrClF6N3O4S2/c1-3-40-20(39)10-16-12(2)42-18(35-16)11-19(38)37-6-4-13(5-7-37)24-36-22(23(28)43-24)14-8-15(27)21(25(29,30)31)17(9-14)41-26(32,33)34/h8-9,13H,3-7,10-11H2,1-2H3. The largest absolute Gasteiger partial charge is 0.573 e. The van der Waals surface area contributed by atoms with E-state index in [2.05, 4.69) is 30.6 Å². The Bertz CT molecular complexity index is 1500. The first-order valence-electron chi connectivity index (χ1n) is 12.8. The van der Waals surface area contributed by atoms with Crippen molar-refractivity contribution in [1.82, 2.24) is 14.9 Å². The Morgan fingerprint density at radius 1 is 1.09 bits per heavy atom. The lowest BCUT2D eigenvalue weighted by Gasteiger charge is -2.31. The number of ether oxygens (including phenoxy) is 2. The maximum absolute atomic E-state index is 13.5. The maximum atomic E-state index is 13.5. The average molecular weight is 735 g/mol. The first-order chi connectivity index (χ1) is 20.1. The van der Waals surface area contributed by atoms with E-state index in [0.29, 0.717) is 47.7 Å². The number of piperidine rings is 1.